The summed E-state index contributed by atoms with van der Waals surface area (Å²) in [6, 6.07) is 4.35. The molecule has 1 aliphatic rings. The first-order valence-corrected chi connectivity index (χ1v) is 7.41. The van der Waals surface area contributed by atoms with Gasteiger partial charge in [0.2, 0.25) is 5.91 Å². The van der Waals surface area contributed by atoms with Gasteiger partial charge in [-0.15, -0.1) is 0 Å². The van der Waals surface area contributed by atoms with Gasteiger partial charge in [-0.05, 0) is 25.5 Å². The Labute approximate surface area is 134 Å². The van der Waals surface area contributed by atoms with Crippen molar-refractivity contribution in [3.63, 3.8) is 0 Å². The van der Waals surface area contributed by atoms with Crippen LogP contribution >= 0.6 is 0 Å². The first kappa shape index (κ1) is 16.8. The van der Waals surface area contributed by atoms with E-state index in [1.807, 2.05) is 6.92 Å². The summed E-state index contributed by atoms with van der Waals surface area (Å²) in [6.07, 6.45) is 0.147. The fraction of sp³-hybridized carbons (Fsp3) is 0.438. The summed E-state index contributed by atoms with van der Waals surface area (Å²) in [5, 5.41) is 0. The number of ether oxygens (including phenoxy) is 2. The van der Waals surface area contributed by atoms with Crippen LogP contribution in [0.25, 0.3) is 0 Å². The topological polar surface area (TPSA) is 98.9 Å². The largest absolute Gasteiger partial charge is 0.494 e. The number of hydrogen-bond donors (Lipinski definition) is 1. The van der Waals surface area contributed by atoms with Crippen molar-refractivity contribution in [2.75, 3.05) is 13.7 Å². The van der Waals surface area contributed by atoms with Crippen molar-refractivity contribution in [1.29, 1.82) is 0 Å². The minimum atomic E-state index is -0.858. The van der Waals surface area contributed by atoms with Crippen LogP contribution in [-0.2, 0) is 20.9 Å². The number of nitrogens with two attached hydrogens (primary N) is 1. The highest BCUT2D eigenvalue weighted by Crippen LogP contribution is 2.32. The molecule has 1 heterocycles. The van der Waals surface area contributed by atoms with Gasteiger partial charge in [0.1, 0.15) is 11.8 Å². The molecule has 7 nitrogen and oxygen atoms in total. The molecule has 124 valence electrons. The minimum absolute atomic E-state index is 0.0164. The van der Waals surface area contributed by atoms with Crippen LogP contribution < -0.4 is 10.5 Å². The number of carbonyl (C=O) groups is 3. The molecule has 0 aromatic heterocycles. The number of esters is 1. The third kappa shape index (κ3) is 3.44. The maximum Gasteiger partial charge on any atom is 0.305 e. The van der Waals surface area contributed by atoms with Gasteiger partial charge >= 0.3 is 5.97 Å². The lowest BCUT2D eigenvalue weighted by Gasteiger charge is -2.24. The SMILES string of the molecule is CCOc1cccc2c1CN(C(CCC(=O)OC)C(N)=O)C2=O. The van der Waals surface area contributed by atoms with E-state index in [-0.39, 0.29) is 25.3 Å². The summed E-state index contributed by atoms with van der Waals surface area (Å²) in [5.74, 6) is -0.754. The fourth-order valence-corrected chi connectivity index (χ4v) is 2.68. The number of fused-ring (bicyclic) bond motifs is 1. The summed E-state index contributed by atoms with van der Waals surface area (Å²) >= 11 is 0. The average Bonchev–Trinajstić information content (AvgIpc) is 2.86. The molecule has 0 bridgehead atoms. The molecular weight excluding hydrogens is 300 g/mol. The van der Waals surface area contributed by atoms with Crippen LogP contribution in [0.15, 0.2) is 18.2 Å². The Hall–Kier alpha value is -2.57. The molecule has 0 spiro atoms. The number of nitrogens with zero attached hydrogens (tertiary/aromatic N) is 1. The van der Waals surface area contributed by atoms with Gasteiger partial charge in [0.05, 0.1) is 20.3 Å². The Morgan fingerprint density at radius 2 is 2.13 bits per heavy atom. The van der Waals surface area contributed by atoms with E-state index in [2.05, 4.69) is 4.74 Å². The van der Waals surface area contributed by atoms with E-state index in [0.29, 0.717) is 17.9 Å². The van der Waals surface area contributed by atoms with Crippen molar-refractivity contribution >= 4 is 17.8 Å². The van der Waals surface area contributed by atoms with Crippen LogP contribution in [0.5, 0.6) is 5.75 Å². The molecule has 1 aromatic rings. The average molecular weight is 320 g/mol. The molecule has 2 rings (SSSR count). The number of benzene rings is 1. The number of carbonyl (C=O) groups excluding carboxylic acids is 3. The molecular formula is C16H20N2O5. The van der Waals surface area contributed by atoms with E-state index in [1.165, 1.54) is 12.0 Å². The molecule has 1 aromatic carbocycles. The van der Waals surface area contributed by atoms with Gasteiger partial charge in [0.25, 0.3) is 5.91 Å². The molecule has 1 aliphatic heterocycles. The summed E-state index contributed by atoms with van der Waals surface area (Å²) in [6.45, 7) is 2.57. The summed E-state index contributed by atoms with van der Waals surface area (Å²) in [4.78, 5) is 37.0. The zero-order valence-electron chi connectivity index (χ0n) is 13.2. The molecule has 1 atom stereocenters. The minimum Gasteiger partial charge on any atom is -0.494 e. The van der Waals surface area contributed by atoms with Crippen molar-refractivity contribution in [3.05, 3.63) is 29.3 Å². The van der Waals surface area contributed by atoms with Crippen LogP contribution in [0.4, 0.5) is 0 Å². The third-order valence-electron chi connectivity index (χ3n) is 3.81. The Kier molecular flexibility index (Phi) is 5.20. The van der Waals surface area contributed by atoms with E-state index in [4.69, 9.17) is 10.5 Å². The molecule has 0 radical (unpaired) electrons. The number of amides is 2. The van der Waals surface area contributed by atoms with Crippen LogP contribution in [-0.4, -0.2) is 42.4 Å². The van der Waals surface area contributed by atoms with Crippen molar-refractivity contribution in [3.8, 4) is 5.75 Å². The van der Waals surface area contributed by atoms with Gasteiger partial charge in [-0.1, -0.05) is 6.07 Å². The monoisotopic (exact) mass is 320 g/mol. The van der Waals surface area contributed by atoms with Crippen molar-refractivity contribution in [2.24, 2.45) is 5.73 Å². The van der Waals surface area contributed by atoms with Crippen molar-refractivity contribution in [2.45, 2.75) is 32.4 Å². The van der Waals surface area contributed by atoms with Gasteiger partial charge in [-0.3, -0.25) is 14.4 Å². The number of methoxy groups -OCH3 is 1. The highest BCUT2D eigenvalue weighted by Gasteiger charge is 2.37. The van der Waals surface area contributed by atoms with E-state index < -0.39 is 17.9 Å². The summed E-state index contributed by atoms with van der Waals surface area (Å²) in [7, 11) is 1.27. The van der Waals surface area contributed by atoms with Crippen LogP contribution in [0.1, 0.15) is 35.7 Å². The lowest BCUT2D eigenvalue weighted by molar-refractivity contribution is -0.141. The third-order valence-corrected chi connectivity index (χ3v) is 3.81. The number of primary amides is 1. The molecule has 2 amide bonds. The Balaban J connectivity index is 2.23. The molecule has 2 N–H and O–H groups in total. The normalized spacial score (nSPS) is 14.3. The van der Waals surface area contributed by atoms with Gasteiger partial charge in [-0.25, -0.2) is 0 Å². The van der Waals surface area contributed by atoms with E-state index in [9.17, 15) is 14.4 Å². The molecule has 0 saturated carbocycles. The second-order valence-corrected chi connectivity index (χ2v) is 5.18. The van der Waals surface area contributed by atoms with Gasteiger partial charge in [0.15, 0.2) is 0 Å². The Bertz CT molecular complexity index is 629. The smallest absolute Gasteiger partial charge is 0.305 e. The number of hydrogen-bond acceptors (Lipinski definition) is 5. The predicted octanol–water partition coefficient (Wildman–Crippen LogP) is 0.848. The van der Waals surface area contributed by atoms with Crippen LogP contribution in [0, 0.1) is 0 Å². The quantitative estimate of drug-likeness (QED) is 0.751. The molecule has 0 aliphatic carbocycles. The summed E-state index contributed by atoms with van der Waals surface area (Å²) < 4.78 is 10.1. The molecule has 0 fully saturated rings. The lowest BCUT2D eigenvalue weighted by atomic mass is 10.1. The molecule has 23 heavy (non-hydrogen) atoms. The Morgan fingerprint density at radius 1 is 1.39 bits per heavy atom. The van der Waals surface area contributed by atoms with Crippen molar-refractivity contribution in [1.82, 2.24) is 4.90 Å². The molecule has 1 unspecified atom stereocenters. The zero-order valence-corrected chi connectivity index (χ0v) is 13.2. The lowest BCUT2D eigenvalue weighted by Crippen LogP contribution is -2.45. The first-order valence-electron chi connectivity index (χ1n) is 7.41. The maximum absolute atomic E-state index is 12.6. The highest BCUT2D eigenvalue weighted by molar-refractivity contribution is 6.01. The van der Waals surface area contributed by atoms with Crippen LogP contribution in [0.3, 0.4) is 0 Å². The predicted molar refractivity (Wildman–Crippen MR) is 81.7 cm³/mol. The fourth-order valence-electron chi connectivity index (χ4n) is 2.68. The maximum atomic E-state index is 12.6. The van der Waals surface area contributed by atoms with Crippen molar-refractivity contribution < 1.29 is 23.9 Å². The van der Waals surface area contributed by atoms with Gasteiger partial charge in [0, 0.05) is 17.5 Å². The first-order chi connectivity index (χ1) is 11.0. The van der Waals surface area contributed by atoms with Gasteiger partial charge in [-0.2, -0.15) is 0 Å². The highest BCUT2D eigenvalue weighted by atomic mass is 16.5. The van der Waals surface area contributed by atoms with E-state index in [1.54, 1.807) is 18.2 Å². The molecule has 0 saturated heterocycles. The summed E-state index contributed by atoms with van der Waals surface area (Å²) in [5.41, 5.74) is 6.66. The second kappa shape index (κ2) is 7.13. The van der Waals surface area contributed by atoms with Crippen LogP contribution in [0.2, 0.25) is 0 Å². The second-order valence-electron chi connectivity index (χ2n) is 5.18. The van der Waals surface area contributed by atoms with Gasteiger partial charge < -0.3 is 20.1 Å². The number of rotatable bonds is 7. The van der Waals surface area contributed by atoms with E-state index in [0.717, 1.165) is 5.56 Å². The zero-order chi connectivity index (χ0) is 17.0. The van der Waals surface area contributed by atoms with E-state index >= 15 is 0 Å². The standard InChI is InChI=1S/C16H20N2O5/c1-3-23-13-6-4-5-10-11(13)9-18(16(10)21)12(15(17)20)7-8-14(19)22-2/h4-6,12H,3,7-9H2,1-2H3,(H2,17,20). The molecule has 7 heteroatoms. The Morgan fingerprint density at radius 3 is 2.74 bits per heavy atom.